The fraction of sp³-hybridized carbons (Fsp3) is 0.350. The Bertz CT molecular complexity index is 832. The fourth-order valence-corrected chi connectivity index (χ4v) is 4.09. The second-order valence-corrected chi connectivity index (χ2v) is 7.43. The summed E-state index contributed by atoms with van der Waals surface area (Å²) in [5.41, 5.74) is 2.51. The van der Waals surface area contributed by atoms with Crippen molar-refractivity contribution in [2.45, 2.75) is 45.3 Å². The van der Waals surface area contributed by atoms with Crippen LogP contribution in [0, 0.1) is 0 Å². The first-order valence-corrected chi connectivity index (χ1v) is 9.85. The van der Waals surface area contributed by atoms with Gasteiger partial charge in [-0.1, -0.05) is 30.3 Å². The van der Waals surface area contributed by atoms with Crippen LogP contribution >= 0.6 is 11.3 Å². The van der Waals surface area contributed by atoms with E-state index in [2.05, 4.69) is 10.6 Å². The molecule has 3 amide bonds. The van der Waals surface area contributed by atoms with Crippen LogP contribution in [0.3, 0.4) is 0 Å². The van der Waals surface area contributed by atoms with E-state index in [0.717, 1.165) is 36.8 Å². The number of aryl methyl sites for hydroxylation is 1. The molecule has 0 unspecified atom stereocenters. The minimum absolute atomic E-state index is 0.301. The molecule has 1 aromatic heterocycles. The van der Waals surface area contributed by atoms with Gasteiger partial charge in [0, 0.05) is 16.8 Å². The molecule has 0 saturated heterocycles. The number of thiophene rings is 1. The van der Waals surface area contributed by atoms with E-state index in [1.54, 1.807) is 16.7 Å². The van der Waals surface area contributed by atoms with Crippen molar-refractivity contribution in [1.82, 2.24) is 10.6 Å². The van der Waals surface area contributed by atoms with Crippen LogP contribution in [-0.2, 0) is 28.9 Å². The number of fused-ring (bicyclic) bond motifs is 1. The van der Waals surface area contributed by atoms with E-state index >= 15 is 0 Å². The van der Waals surface area contributed by atoms with Crippen molar-refractivity contribution in [1.29, 1.82) is 0 Å². The molecule has 6 nitrogen and oxygen atoms in total. The molecule has 3 rings (SSSR count). The number of hydrogen-bond acceptors (Lipinski definition) is 5. The summed E-state index contributed by atoms with van der Waals surface area (Å²) in [6, 6.07) is 8.73. The maximum atomic E-state index is 12.4. The molecule has 0 bridgehead atoms. The second-order valence-electron chi connectivity index (χ2n) is 6.46. The predicted octanol–water partition coefficient (Wildman–Crippen LogP) is 3.20. The average Bonchev–Trinajstić information content (AvgIpc) is 3.11. The van der Waals surface area contributed by atoms with E-state index in [1.807, 2.05) is 30.3 Å². The SMILES string of the molecule is C[C@@H](OC(=O)c1csc2c1CCCC2)C(=O)NC(=O)NCc1ccccc1. The number of benzene rings is 1. The molecule has 1 heterocycles. The topological polar surface area (TPSA) is 84.5 Å². The van der Waals surface area contributed by atoms with Crippen LogP contribution in [0.1, 0.15) is 46.1 Å². The summed E-state index contributed by atoms with van der Waals surface area (Å²) >= 11 is 1.57. The number of rotatable bonds is 5. The van der Waals surface area contributed by atoms with Crippen molar-refractivity contribution in [2.75, 3.05) is 0 Å². The van der Waals surface area contributed by atoms with Crippen molar-refractivity contribution in [3.8, 4) is 0 Å². The van der Waals surface area contributed by atoms with Crippen LogP contribution in [0.4, 0.5) is 4.79 Å². The Balaban J connectivity index is 1.49. The lowest BCUT2D eigenvalue weighted by Gasteiger charge is -2.15. The lowest BCUT2D eigenvalue weighted by molar-refractivity contribution is -0.127. The van der Waals surface area contributed by atoms with Crippen molar-refractivity contribution >= 4 is 29.2 Å². The summed E-state index contributed by atoms with van der Waals surface area (Å²) < 4.78 is 5.26. The number of amides is 3. The molecule has 0 spiro atoms. The van der Waals surface area contributed by atoms with Crippen LogP contribution in [0.25, 0.3) is 0 Å². The van der Waals surface area contributed by atoms with Crippen LogP contribution < -0.4 is 10.6 Å². The van der Waals surface area contributed by atoms with E-state index in [-0.39, 0.29) is 0 Å². The molecule has 2 N–H and O–H groups in total. The molecule has 1 aliphatic carbocycles. The zero-order valence-corrected chi connectivity index (χ0v) is 15.9. The molecule has 1 atom stereocenters. The highest BCUT2D eigenvalue weighted by atomic mass is 32.1. The minimum Gasteiger partial charge on any atom is -0.449 e. The van der Waals surface area contributed by atoms with Gasteiger partial charge in [0.25, 0.3) is 5.91 Å². The first kappa shape index (κ1) is 19.1. The van der Waals surface area contributed by atoms with Gasteiger partial charge in [-0.25, -0.2) is 9.59 Å². The van der Waals surface area contributed by atoms with Gasteiger partial charge in [-0.3, -0.25) is 10.1 Å². The van der Waals surface area contributed by atoms with Gasteiger partial charge in [-0.2, -0.15) is 0 Å². The van der Waals surface area contributed by atoms with Gasteiger partial charge in [0.2, 0.25) is 0 Å². The maximum absolute atomic E-state index is 12.4. The van der Waals surface area contributed by atoms with Crippen LogP contribution in [-0.4, -0.2) is 24.0 Å². The molecule has 27 heavy (non-hydrogen) atoms. The summed E-state index contributed by atoms with van der Waals surface area (Å²) in [6.07, 6.45) is 3.00. The van der Waals surface area contributed by atoms with Crippen molar-refractivity contribution in [2.24, 2.45) is 0 Å². The highest BCUT2D eigenvalue weighted by Crippen LogP contribution is 2.30. The molecule has 142 valence electrons. The van der Waals surface area contributed by atoms with Crippen LogP contribution in [0.2, 0.25) is 0 Å². The molecule has 7 heteroatoms. The van der Waals surface area contributed by atoms with Gasteiger partial charge in [0.05, 0.1) is 5.56 Å². The molecule has 2 aromatic rings. The average molecular weight is 386 g/mol. The molecule has 0 aliphatic heterocycles. The Morgan fingerprint density at radius 1 is 1.15 bits per heavy atom. The van der Waals surface area contributed by atoms with Gasteiger partial charge >= 0.3 is 12.0 Å². The monoisotopic (exact) mass is 386 g/mol. The van der Waals surface area contributed by atoms with Gasteiger partial charge in [0.1, 0.15) is 0 Å². The Morgan fingerprint density at radius 2 is 1.89 bits per heavy atom. The number of ether oxygens (including phenoxy) is 1. The first-order chi connectivity index (χ1) is 13.0. The van der Waals surface area contributed by atoms with Crippen LogP contribution in [0.5, 0.6) is 0 Å². The van der Waals surface area contributed by atoms with Crippen molar-refractivity contribution in [3.63, 3.8) is 0 Å². The molecule has 1 aliphatic rings. The zero-order chi connectivity index (χ0) is 19.2. The number of carbonyl (C=O) groups excluding carboxylic acids is 3. The highest BCUT2D eigenvalue weighted by molar-refractivity contribution is 7.10. The Kier molecular flexibility index (Phi) is 6.24. The largest absolute Gasteiger partial charge is 0.449 e. The first-order valence-electron chi connectivity index (χ1n) is 8.97. The lowest BCUT2D eigenvalue weighted by Crippen LogP contribution is -2.44. The summed E-state index contributed by atoms with van der Waals surface area (Å²) in [4.78, 5) is 37.6. The smallest absolute Gasteiger partial charge is 0.340 e. The van der Waals surface area contributed by atoms with Gasteiger partial charge in [-0.15, -0.1) is 11.3 Å². The Hall–Kier alpha value is -2.67. The number of imide groups is 1. The number of esters is 1. The Morgan fingerprint density at radius 3 is 2.67 bits per heavy atom. The zero-order valence-electron chi connectivity index (χ0n) is 15.1. The third kappa shape index (κ3) is 4.95. The minimum atomic E-state index is -1.06. The quantitative estimate of drug-likeness (QED) is 0.773. The van der Waals surface area contributed by atoms with E-state index in [9.17, 15) is 14.4 Å². The third-order valence-corrected chi connectivity index (χ3v) is 5.56. The van der Waals surface area contributed by atoms with Crippen molar-refractivity contribution < 1.29 is 19.1 Å². The summed E-state index contributed by atoms with van der Waals surface area (Å²) in [5, 5.41) is 6.60. The van der Waals surface area contributed by atoms with Gasteiger partial charge in [0.15, 0.2) is 6.10 Å². The molecular weight excluding hydrogens is 364 g/mol. The molecular formula is C20H22N2O4S. The standard InChI is InChI=1S/C20H22N2O4S/c1-13(18(23)22-20(25)21-11-14-7-3-2-4-8-14)26-19(24)16-12-27-17-10-6-5-9-15(16)17/h2-4,7-8,12-13H,5-6,9-11H2,1H3,(H2,21,22,23,25)/t13-/m1/s1. The maximum Gasteiger partial charge on any atom is 0.340 e. The van der Waals surface area contributed by atoms with E-state index in [1.165, 1.54) is 11.8 Å². The highest BCUT2D eigenvalue weighted by Gasteiger charge is 2.25. The molecule has 0 fully saturated rings. The lowest BCUT2D eigenvalue weighted by atomic mass is 9.96. The van der Waals surface area contributed by atoms with Crippen LogP contribution in [0.15, 0.2) is 35.7 Å². The van der Waals surface area contributed by atoms with Gasteiger partial charge < -0.3 is 10.1 Å². The number of nitrogens with one attached hydrogen (secondary N) is 2. The second kappa shape index (κ2) is 8.81. The van der Waals surface area contributed by atoms with Gasteiger partial charge in [-0.05, 0) is 43.7 Å². The third-order valence-electron chi connectivity index (χ3n) is 4.47. The summed E-state index contributed by atoms with van der Waals surface area (Å²) in [7, 11) is 0. The number of carbonyl (C=O) groups is 3. The van der Waals surface area contributed by atoms with E-state index in [0.29, 0.717) is 12.1 Å². The summed E-state index contributed by atoms with van der Waals surface area (Å²) in [6.45, 7) is 1.76. The number of urea groups is 1. The normalized spacial score (nSPS) is 14.0. The van der Waals surface area contributed by atoms with E-state index < -0.39 is 24.0 Å². The summed E-state index contributed by atoms with van der Waals surface area (Å²) in [5.74, 6) is -1.17. The number of hydrogen-bond donors (Lipinski definition) is 2. The molecule has 1 aromatic carbocycles. The fourth-order valence-electron chi connectivity index (χ4n) is 2.98. The molecule has 0 radical (unpaired) electrons. The molecule has 0 saturated carbocycles. The predicted molar refractivity (Wildman–Crippen MR) is 103 cm³/mol. The van der Waals surface area contributed by atoms with E-state index in [4.69, 9.17) is 4.74 Å². The Labute approximate surface area is 161 Å². The van der Waals surface area contributed by atoms with Crippen molar-refractivity contribution in [3.05, 3.63) is 57.3 Å².